The highest BCUT2D eigenvalue weighted by molar-refractivity contribution is 6.04. The first-order valence-corrected chi connectivity index (χ1v) is 5.60. The van der Waals surface area contributed by atoms with Gasteiger partial charge in [-0.25, -0.2) is 8.78 Å². The first-order chi connectivity index (χ1) is 8.97. The average Bonchev–Trinajstić information content (AvgIpc) is 2.33. The maximum absolute atomic E-state index is 13.5. The van der Waals surface area contributed by atoms with E-state index in [4.69, 9.17) is 5.73 Å². The molecule has 0 unspecified atom stereocenters. The second-order valence-electron chi connectivity index (χ2n) is 4.16. The number of aryl methyl sites for hydroxylation is 1. The van der Waals surface area contributed by atoms with Crippen molar-refractivity contribution in [3.8, 4) is 0 Å². The Labute approximate surface area is 109 Å². The van der Waals surface area contributed by atoms with Crippen LogP contribution < -0.4 is 11.1 Å². The van der Waals surface area contributed by atoms with Gasteiger partial charge >= 0.3 is 0 Å². The smallest absolute Gasteiger partial charge is 0.258 e. The van der Waals surface area contributed by atoms with Crippen LogP contribution >= 0.6 is 0 Å². The summed E-state index contributed by atoms with van der Waals surface area (Å²) in [5.41, 5.74) is 6.22. The van der Waals surface area contributed by atoms with Crippen LogP contribution in [0.4, 0.5) is 20.2 Å². The zero-order valence-electron chi connectivity index (χ0n) is 10.2. The van der Waals surface area contributed by atoms with Gasteiger partial charge in [0.1, 0.15) is 11.6 Å². The molecule has 2 aromatic carbocycles. The Bertz CT molecular complexity index is 641. The third-order valence-electron chi connectivity index (χ3n) is 2.67. The molecule has 98 valence electrons. The fourth-order valence-corrected chi connectivity index (χ4v) is 1.58. The van der Waals surface area contributed by atoms with Crippen LogP contribution in [0.1, 0.15) is 15.9 Å². The van der Waals surface area contributed by atoms with Crippen molar-refractivity contribution in [3.05, 3.63) is 59.2 Å². The van der Waals surface area contributed by atoms with Crippen LogP contribution in [0, 0.1) is 18.6 Å². The Hall–Kier alpha value is -2.43. The number of nitrogen functional groups attached to an aromatic ring is 1. The van der Waals surface area contributed by atoms with E-state index in [0.29, 0.717) is 5.56 Å². The zero-order chi connectivity index (χ0) is 14.0. The molecule has 0 heterocycles. The number of hydrogen-bond donors (Lipinski definition) is 2. The van der Waals surface area contributed by atoms with Crippen molar-refractivity contribution in [2.75, 3.05) is 11.1 Å². The van der Waals surface area contributed by atoms with Crippen molar-refractivity contribution in [1.82, 2.24) is 0 Å². The van der Waals surface area contributed by atoms with E-state index in [1.54, 1.807) is 13.0 Å². The number of rotatable bonds is 2. The third-order valence-corrected chi connectivity index (χ3v) is 2.67. The molecule has 1 amide bonds. The molecule has 2 aromatic rings. The Morgan fingerprint density at radius 2 is 1.84 bits per heavy atom. The maximum Gasteiger partial charge on any atom is 0.258 e. The van der Waals surface area contributed by atoms with Crippen molar-refractivity contribution < 1.29 is 13.6 Å². The molecule has 0 spiro atoms. The molecule has 5 heteroatoms. The van der Waals surface area contributed by atoms with Crippen molar-refractivity contribution in [2.24, 2.45) is 0 Å². The molecule has 3 nitrogen and oxygen atoms in total. The van der Waals surface area contributed by atoms with Crippen molar-refractivity contribution in [1.29, 1.82) is 0 Å². The molecular formula is C14H12F2N2O. The number of carbonyl (C=O) groups excluding carboxylic acids is 1. The van der Waals surface area contributed by atoms with Gasteiger partial charge in [-0.2, -0.15) is 0 Å². The Morgan fingerprint density at radius 1 is 1.11 bits per heavy atom. The summed E-state index contributed by atoms with van der Waals surface area (Å²) in [7, 11) is 0. The lowest BCUT2D eigenvalue weighted by Gasteiger charge is -2.07. The van der Waals surface area contributed by atoms with Gasteiger partial charge in [0.15, 0.2) is 0 Å². The normalized spacial score (nSPS) is 10.3. The summed E-state index contributed by atoms with van der Waals surface area (Å²) in [4.78, 5) is 11.8. The molecule has 0 bridgehead atoms. The second-order valence-corrected chi connectivity index (χ2v) is 4.16. The van der Waals surface area contributed by atoms with Crippen LogP contribution in [0.3, 0.4) is 0 Å². The summed E-state index contributed by atoms with van der Waals surface area (Å²) < 4.78 is 26.9. The van der Waals surface area contributed by atoms with Gasteiger partial charge in [-0.15, -0.1) is 0 Å². The van der Waals surface area contributed by atoms with Crippen molar-refractivity contribution >= 4 is 17.3 Å². The van der Waals surface area contributed by atoms with E-state index in [2.05, 4.69) is 5.32 Å². The van der Waals surface area contributed by atoms with Crippen LogP contribution in [0.2, 0.25) is 0 Å². The number of carbonyl (C=O) groups is 1. The average molecular weight is 262 g/mol. The molecule has 2 rings (SSSR count). The monoisotopic (exact) mass is 262 g/mol. The van der Waals surface area contributed by atoms with E-state index >= 15 is 0 Å². The highest BCUT2D eigenvalue weighted by Crippen LogP contribution is 2.17. The molecule has 19 heavy (non-hydrogen) atoms. The molecule has 0 aliphatic rings. The van der Waals surface area contributed by atoms with Crippen LogP contribution in [0.5, 0.6) is 0 Å². The largest absolute Gasteiger partial charge is 0.399 e. The summed E-state index contributed by atoms with van der Waals surface area (Å²) in [6.45, 7) is 1.61. The maximum atomic E-state index is 13.5. The molecule has 0 atom stereocenters. The second kappa shape index (κ2) is 5.06. The van der Waals surface area contributed by atoms with Gasteiger partial charge in [-0.1, -0.05) is 6.07 Å². The Morgan fingerprint density at radius 3 is 2.47 bits per heavy atom. The van der Waals surface area contributed by atoms with Crippen LogP contribution in [-0.2, 0) is 0 Å². The molecule has 0 aromatic heterocycles. The topological polar surface area (TPSA) is 55.1 Å². The minimum Gasteiger partial charge on any atom is -0.399 e. The number of benzene rings is 2. The summed E-state index contributed by atoms with van der Waals surface area (Å²) in [6.07, 6.45) is 0. The number of hydrogen-bond acceptors (Lipinski definition) is 2. The van der Waals surface area contributed by atoms with E-state index in [-0.39, 0.29) is 16.9 Å². The molecule has 3 N–H and O–H groups in total. The summed E-state index contributed by atoms with van der Waals surface area (Å²) in [5.74, 6) is -1.80. The Balaban J connectivity index is 2.23. The first kappa shape index (κ1) is 13.0. The third kappa shape index (κ3) is 2.88. The van der Waals surface area contributed by atoms with Gasteiger partial charge in [0.05, 0.1) is 5.56 Å². The molecule has 0 aliphatic heterocycles. The molecule has 0 radical (unpaired) electrons. The van der Waals surface area contributed by atoms with Crippen molar-refractivity contribution in [2.45, 2.75) is 6.92 Å². The van der Waals surface area contributed by atoms with E-state index in [0.717, 1.165) is 6.07 Å². The highest BCUT2D eigenvalue weighted by Gasteiger charge is 2.12. The SMILES string of the molecule is Cc1ccc(NC(=O)c2ccc(N)cc2F)cc1F. The van der Waals surface area contributed by atoms with E-state index in [1.165, 1.54) is 24.3 Å². The predicted molar refractivity (Wildman–Crippen MR) is 69.9 cm³/mol. The van der Waals surface area contributed by atoms with Crippen LogP contribution in [0.25, 0.3) is 0 Å². The van der Waals surface area contributed by atoms with Crippen molar-refractivity contribution in [3.63, 3.8) is 0 Å². The number of anilines is 2. The molecule has 0 aliphatic carbocycles. The molecule has 0 saturated carbocycles. The molecule has 0 saturated heterocycles. The minimum atomic E-state index is -0.718. The summed E-state index contributed by atoms with van der Waals surface area (Å²) >= 11 is 0. The van der Waals surface area contributed by atoms with Gasteiger partial charge in [-0.3, -0.25) is 4.79 Å². The quantitative estimate of drug-likeness (QED) is 0.817. The fraction of sp³-hybridized carbons (Fsp3) is 0.0714. The van der Waals surface area contributed by atoms with Crippen LogP contribution in [0.15, 0.2) is 36.4 Å². The Kier molecular flexibility index (Phi) is 3.46. The van der Waals surface area contributed by atoms with Gasteiger partial charge in [-0.05, 0) is 42.8 Å². The summed E-state index contributed by atoms with van der Waals surface area (Å²) in [5, 5.41) is 2.43. The number of amides is 1. The van der Waals surface area contributed by atoms with Gasteiger partial charge in [0.25, 0.3) is 5.91 Å². The van der Waals surface area contributed by atoms with E-state index in [1.807, 2.05) is 0 Å². The molecule has 0 fully saturated rings. The minimum absolute atomic E-state index is 0.143. The standard InChI is InChI=1S/C14H12F2N2O/c1-8-2-4-10(7-12(8)15)18-14(19)11-5-3-9(17)6-13(11)16/h2-7H,17H2,1H3,(H,18,19). The van der Waals surface area contributed by atoms with Gasteiger partial charge in [0, 0.05) is 11.4 Å². The highest BCUT2D eigenvalue weighted by atomic mass is 19.1. The lowest BCUT2D eigenvalue weighted by molar-refractivity contribution is 0.102. The van der Waals surface area contributed by atoms with Gasteiger partial charge < -0.3 is 11.1 Å². The molecular weight excluding hydrogens is 250 g/mol. The van der Waals surface area contributed by atoms with Gasteiger partial charge in [0.2, 0.25) is 0 Å². The summed E-state index contributed by atoms with van der Waals surface area (Å²) in [6, 6.07) is 8.03. The number of halogens is 2. The number of nitrogens with two attached hydrogens (primary N) is 1. The van der Waals surface area contributed by atoms with E-state index < -0.39 is 17.5 Å². The first-order valence-electron chi connectivity index (χ1n) is 5.60. The zero-order valence-corrected chi connectivity index (χ0v) is 10.2. The van der Waals surface area contributed by atoms with Crippen LogP contribution in [-0.4, -0.2) is 5.91 Å². The lowest BCUT2D eigenvalue weighted by atomic mass is 10.1. The number of nitrogens with one attached hydrogen (secondary N) is 1. The fourth-order valence-electron chi connectivity index (χ4n) is 1.58. The lowest BCUT2D eigenvalue weighted by Crippen LogP contribution is -2.14. The predicted octanol–water partition coefficient (Wildman–Crippen LogP) is 3.11. The van der Waals surface area contributed by atoms with E-state index in [9.17, 15) is 13.6 Å².